The lowest BCUT2D eigenvalue weighted by molar-refractivity contribution is -0.131. The van der Waals surface area contributed by atoms with Crippen LogP contribution < -0.4 is 0 Å². The highest BCUT2D eigenvalue weighted by atomic mass is 32.2. The maximum atomic E-state index is 11.9. The van der Waals surface area contributed by atoms with Gasteiger partial charge in [0.2, 0.25) is 0 Å². The van der Waals surface area contributed by atoms with Crippen LogP contribution in [0.5, 0.6) is 0 Å². The molecule has 0 amide bonds. The van der Waals surface area contributed by atoms with Gasteiger partial charge in [-0.05, 0) is 42.3 Å². The second-order valence-corrected chi connectivity index (χ2v) is 5.89. The number of aliphatic carboxylic acids is 1. The van der Waals surface area contributed by atoms with Gasteiger partial charge in [-0.15, -0.1) is 23.1 Å². The highest BCUT2D eigenvalue weighted by Crippen LogP contribution is 2.33. The number of carboxylic acids is 1. The van der Waals surface area contributed by atoms with Crippen LogP contribution in [0.4, 0.5) is 0 Å². The fourth-order valence-corrected chi connectivity index (χ4v) is 3.47. The Morgan fingerprint density at radius 3 is 2.68 bits per heavy atom. The van der Waals surface area contributed by atoms with E-state index < -0.39 is 5.97 Å². The molecule has 0 aliphatic heterocycles. The molecule has 0 unspecified atom stereocenters. The number of thiophene rings is 1. The van der Waals surface area contributed by atoms with Crippen molar-refractivity contribution < 1.29 is 14.7 Å². The lowest BCUT2D eigenvalue weighted by atomic mass is 10.1. The van der Waals surface area contributed by atoms with Crippen LogP contribution in [0.1, 0.15) is 15.2 Å². The SMILES string of the molecule is CSc1ccc2c(C)c(C(=O)C=CC(=O)O)sc2c1. The van der Waals surface area contributed by atoms with Gasteiger partial charge in [0, 0.05) is 15.7 Å². The van der Waals surface area contributed by atoms with E-state index in [1.54, 1.807) is 11.8 Å². The summed E-state index contributed by atoms with van der Waals surface area (Å²) in [6.07, 6.45) is 3.98. The maximum Gasteiger partial charge on any atom is 0.328 e. The molecule has 1 aromatic heterocycles. The standard InChI is InChI=1S/C14H12O3S2/c1-8-10-4-3-9(18-2)7-12(10)19-14(8)11(15)5-6-13(16)17/h3-7H,1-2H3,(H,16,17). The number of carbonyl (C=O) groups is 2. The van der Waals surface area contributed by atoms with E-state index in [-0.39, 0.29) is 5.78 Å². The monoisotopic (exact) mass is 292 g/mol. The van der Waals surface area contributed by atoms with Crippen LogP contribution in [0, 0.1) is 6.92 Å². The van der Waals surface area contributed by atoms with Gasteiger partial charge >= 0.3 is 5.97 Å². The molecule has 0 spiro atoms. The number of thioether (sulfide) groups is 1. The predicted octanol–water partition coefficient (Wildman–Crippen LogP) is 3.76. The number of rotatable bonds is 4. The lowest BCUT2D eigenvalue weighted by Gasteiger charge is -1.96. The van der Waals surface area contributed by atoms with E-state index in [4.69, 9.17) is 5.11 Å². The number of allylic oxidation sites excluding steroid dienone is 1. The van der Waals surface area contributed by atoms with E-state index in [0.717, 1.165) is 32.7 Å². The van der Waals surface area contributed by atoms with Gasteiger partial charge in [0.15, 0.2) is 5.78 Å². The Kier molecular flexibility index (Phi) is 4.07. The number of fused-ring (bicyclic) bond motifs is 1. The molecule has 0 radical (unpaired) electrons. The quantitative estimate of drug-likeness (QED) is 0.529. The van der Waals surface area contributed by atoms with Crippen molar-refractivity contribution in [3.8, 4) is 0 Å². The molecule has 2 rings (SSSR count). The van der Waals surface area contributed by atoms with Crippen molar-refractivity contribution in [1.29, 1.82) is 0 Å². The molecule has 5 heteroatoms. The summed E-state index contributed by atoms with van der Waals surface area (Å²) in [6, 6.07) is 6.08. The van der Waals surface area contributed by atoms with Crippen molar-refractivity contribution in [3.05, 3.63) is 40.8 Å². The minimum atomic E-state index is -1.11. The van der Waals surface area contributed by atoms with Crippen LogP contribution in [-0.4, -0.2) is 23.1 Å². The number of aryl methyl sites for hydroxylation is 1. The average molecular weight is 292 g/mol. The molecule has 19 heavy (non-hydrogen) atoms. The highest BCUT2D eigenvalue weighted by Gasteiger charge is 2.13. The average Bonchev–Trinajstić information content (AvgIpc) is 2.72. The van der Waals surface area contributed by atoms with E-state index in [0.29, 0.717) is 4.88 Å². The Morgan fingerprint density at radius 1 is 1.32 bits per heavy atom. The second kappa shape index (κ2) is 5.59. The first-order chi connectivity index (χ1) is 9.02. The lowest BCUT2D eigenvalue weighted by Crippen LogP contribution is -1.95. The van der Waals surface area contributed by atoms with Crippen LogP contribution in [0.15, 0.2) is 35.2 Å². The van der Waals surface area contributed by atoms with E-state index in [1.165, 1.54) is 11.3 Å². The van der Waals surface area contributed by atoms with E-state index in [1.807, 2.05) is 25.3 Å². The molecule has 2 aromatic rings. The molecule has 0 atom stereocenters. The van der Waals surface area contributed by atoms with Crippen LogP contribution in [-0.2, 0) is 4.79 Å². The maximum absolute atomic E-state index is 11.9. The van der Waals surface area contributed by atoms with Crippen LogP contribution >= 0.6 is 23.1 Å². The summed E-state index contributed by atoms with van der Waals surface area (Å²) in [4.78, 5) is 24.1. The van der Waals surface area contributed by atoms with E-state index >= 15 is 0 Å². The van der Waals surface area contributed by atoms with Crippen LogP contribution in [0.2, 0.25) is 0 Å². The van der Waals surface area contributed by atoms with Crippen molar-refractivity contribution in [2.75, 3.05) is 6.26 Å². The summed E-state index contributed by atoms with van der Waals surface area (Å²) in [5.41, 5.74) is 0.910. The summed E-state index contributed by atoms with van der Waals surface area (Å²) in [6.45, 7) is 1.89. The van der Waals surface area contributed by atoms with Crippen molar-refractivity contribution in [3.63, 3.8) is 0 Å². The Morgan fingerprint density at radius 2 is 2.05 bits per heavy atom. The first kappa shape index (κ1) is 13.8. The summed E-state index contributed by atoms with van der Waals surface area (Å²) >= 11 is 3.06. The van der Waals surface area contributed by atoms with Crippen molar-refractivity contribution in [2.45, 2.75) is 11.8 Å². The summed E-state index contributed by atoms with van der Waals surface area (Å²) in [7, 11) is 0. The summed E-state index contributed by atoms with van der Waals surface area (Å²) in [5.74, 6) is -1.37. The molecule has 0 saturated heterocycles. The van der Waals surface area contributed by atoms with E-state index in [2.05, 4.69) is 6.07 Å². The largest absolute Gasteiger partial charge is 0.478 e. The zero-order valence-corrected chi connectivity index (χ0v) is 12.1. The summed E-state index contributed by atoms with van der Waals surface area (Å²) < 4.78 is 1.05. The third-order valence-corrected chi connectivity index (χ3v) is 4.74. The Balaban J connectivity index is 2.47. The number of ketones is 1. The first-order valence-electron chi connectivity index (χ1n) is 5.55. The normalized spacial score (nSPS) is 11.3. The molecule has 1 N–H and O–H groups in total. The van der Waals surface area contributed by atoms with E-state index in [9.17, 15) is 9.59 Å². The Labute approximate surface area is 118 Å². The van der Waals surface area contributed by atoms with Gasteiger partial charge < -0.3 is 5.11 Å². The van der Waals surface area contributed by atoms with Gasteiger partial charge in [-0.1, -0.05) is 6.07 Å². The first-order valence-corrected chi connectivity index (χ1v) is 7.59. The third-order valence-electron chi connectivity index (χ3n) is 2.75. The number of benzene rings is 1. The molecule has 1 heterocycles. The molecule has 0 saturated carbocycles. The van der Waals surface area contributed by atoms with Crippen molar-refractivity contribution in [1.82, 2.24) is 0 Å². The molecule has 3 nitrogen and oxygen atoms in total. The second-order valence-electron chi connectivity index (χ2n) is 3.95. The van der Waals surface area contributed by atoms with Crippen LogP contribution in [0.25, 0.3) is 10.1 Å². The number of carboxylic acid groups (broad SMARTS) is 1. The molecular formula is C14H12O3S2. The van der Waals surface area contributed by atoms with Crippen molar-refractivity contribution >= 4 is 44.9 Å². The van der Waals surface area contributed by atoms with Gasteiger partial charge in [0.25, 0.3) is 0 Å². The fraction of sp³-hybridized carbons (Fsp3) is 0.143. The third kappa shape index (κ3) is 2.88. The molecule has 0 aliphatic rings. The zero-order chi connectivity index (χ0) is 14.0. The summed E-state index contributed by atoms with van der Waals surface area (Å²) in [5, 5.41) is 9.60. The molecule has 0 bridgehead atoms. The Bertz CT molecular complexity index is 683. The smallest absolute Gasteiger partial charge is 0.328 e. The van der Waals surface area contributed by atoms with Gasteiger partial charge in [0.05, 0.1) is 4.88 Å². The van der Waals surface area contributed by atoms with Gasteiger partial charge in [-0.25, -0.2) is 4.79 Å². The van der Waals surface area contributed by atoms with Gasteiger partial charge in [0.1, 0.15) is 0 Å². The van der Waals surface area contributed by atoms with Crippen molar-refractivity contribution in [2.24, 2.45) is 0 Å². The zero-order valence-electron chi connectivity index (χ0n) is 10.5. The highest BCUT2D eigenvalue weighted by molar-refractivity contribution is 7.98. The topological polar surface area (TPSA) is 54.4 Å². The van der Waals surface area contributed by atoms with Gasteiger partial charge in [-0.2, -0.15) is 0 Å². The minimum Gasteiger partial charge on any atom is -0.478 e. The fourth-order valence-electron chi connectivity index (χ4n) is 1.79. The minimum absolute atomic E-state index is 0.258. The predicted molar refractivity (Wildman–Crippen MR) is 79.4 cm³/mol. The number of hydrogen-bond acceptors (Lipinski definition) is 4. The molecule has 0 aliphatic carbocycles. The van der Waals surface area contributed by atoms with Crippen LogP contribution in [0.3, 0.4) is 0 Å². The number of hydrogen-bond donors (Lipinski definition) is 1. The van der Waals surface area contributed by atoms with Gasteiger partial charge in [-0.3, -0.25) is 4.79 Å². The number of carbonyl (C=O) groups excluding carboxylic acids is 1. The Hall–Kier alpha value is -1.59. The molecule has 0 fully saturated rings. The molecule has 98 valence electrons. The molecule has 1 aromatic carbocycles. The molecular weight excluding hydrogens is 280 g/mol.